The van der Waals surface area contributed by atoms with Crippen molar-refractivity contribution < 1.29 is 4.39 Å². The number of hydrogen-bond acceptors (Lipinski definition) is 4. The maximum Gasteiger partial charge on any atom is 0.206 e. The minimum atomic E-state index is -0.208. The molecule has 0 fully saturated rings. The first-order valence-electron chi connectivity index (χ1n) is 5.55. The zero-order valence-corrected chi connectivity index (χ0v) is 10.6. The highest BCUT2D eigenvalue weighted by Crippen LogP contribution is 2.29. The van der Waals surface area contributed by atoms with E-state index in [0.29, 0.717) is 5.56 Å². The molecule has 90 valence electrons. The number of nitrogens with zero attached hydrogens (tertiary/aromatic N) is 2. The summed E-state index contributed by atoms with van der Waals surface area (Å²) in [6, 6.07) is 5.01. The Labute approximate surface area is 104 Å². The second-order valence-electron chi connectivity index (χ2n) is 3.75. The first-order chi connectivity index (χ1) is 8.22. The molecule has 17 heavy (non-hydrogen) atoms. The van der Waals surface area contributed by atoms with Gasteiger partial charge in [0.05, 0.1) is 0 Å². The Balaban J connectivity index is 2.27. The molecule has 5 heteroatoms. The predicted octanol–water partition coefficient (Wildman–Crippen LogP) is 3.47. The summed E-state index contributed by atoms with van der Waals surface area (Å²) in [6.07, 6.45) is 1.04. The van der Waals surface area contributed by atoms with Crippen molar-refractivity contribution in [3.05, 3.63) is 29.6 Å². The third kappa shape index (κ3) is 2.61. The molecule has 1 aromatic heterocycles. The van der Waals surface area contributed by atoms with Crippen LogP contribution in [0.5, 0.6) is 0 Å². The number of hydrogen-bond donors (Lipinski definition) is 1. The molecule has 0 saturated heterocycles. The van der Waals surface area contributed by atoms with Crippen LogP contribution in [0.4, 0.5) is 9.52 Å². The molecule has 2 aromatic rings. The van der Waals surface area contributed by atoms with Gasteiger partial charge in [0.1, 0.15) is 10.8 Å². The van der Waals surface area contributed by atoms with Crippen molar-refractivity contribution in [1.29, 1.82) is 0 Å². The van der Waals surface area contributed by atoms with E-state index in [-0.39, 0.29) is 5.82 Å². The van der Waals surface area contributed by atoms with E-state index in [1.807, 2.05) is 6.07 Å². The van der Waals surface area contributed by atoms with Crippen molar-refractivity contribution in [2.75, 3.05) is 11.9 Å². The summed E-state index contributed by atoms with van der Waals surface area (Å²) >= 11 is 1.45. The van der Waals surface area contributed by atoms with Gasteiger partial charge in [0.25, 0.3) is 0 Å². The molecule has 0 spiro atoms. The number of benzene rings is 1. The molecule has 1 aromatic carbocycles. The van der Waals surface area contributed by atoms with E-state index in [9.17, 15) is 4.39 Å². The Morgan fingerprint density at radius 1 is 1.35 bits per heavy atom. The Morgan fingerprint density at radius 3 is 2.94 bits per heavy atom. The van der Waals surface area contributed by atoms with Gasteiger partial charge < -0.3 is 5.32 Å². The lowest BCUT2D eigenvalue weighted by Crippen LogP contribution is -1.98. The van der Waals surface area contributed by atoms with Crippen molar-refractivity contribution in [3.63, 3.8) is 0 Å². The van der Waals surface area contributed by atoms with E-state index in [1.165, 1.54) is 17.4 Å². The fourth-order valence-electron chi connectivity index (χ4n) is 1.47. The lowest BCUT2D eigenvalue weighted by molar-refractivity contribution is 0.619. The maximum atomic E-state index is 13.4. The molecule has 0 amide bonds. The summed E-state index contributed by atoms with van der Waals surface area (Å²) < 4.78 is 13.4. The smallest absolute Gasteiger partial charge is 0.206 e. The largest absolute Gasteiger partial charge is 0.360 e. The Kier molecular flexibility index (Phi) is 3.68. The second-order valence-corrected chi connectivity index (χ2v) is 4.73. The van der Waals surface area contributed by atoms with E-state index in [4.69, 9.17) is 0 Å². The van der Waals surface area contributed by atoms with E-state index < -0.39 is 0 Å². The Bertz CT molecular complexity index is 510. The molecule has 0 unspecified atom stereocenters. The minimum Gasteiger partial charge on any atom is -0.360 e. The van der Waals surface area contributed by atoms with Gasteiger partial charge >= 0.3 is 0 Å². The Morgan fingerprint density at radius 2 is 2.18 bits per heavy atom. The van der Waals surface area contributed by atoms with Crippen molar-refractivity contribution in [1.82, 2.24) is 10.2 Å². The van der Waals surface area contributed by atoms with Crippen molar-refractivity contribution in [2.24, 2.45) is 0 Å². The van der Waals surface area contributed by atoms with Gasteiger partial charge in [0.15, 0.2) is 0 Å². The summed E-state index contributed by atoms with van der Waals surface area (Å²) in [7, 11) is 0. The highest BCUT2D eigenvalue weighted by Gasteiger charge is 2.10. The van der Waals surface area contributed by atoms with Crippen LogP contribution < -0.4 is 5.32 Å². The topological polar surface area (TPSA) is 37.8 Å². The highest BCUT2D eigenvalue weighted by atomic mass is 32.1. The van der Waals surface area contributed by atoms with Crippen molar-refractivity contribution >= 4 is 16.5 Å². The number of rotatable bonds is 4. The molecule has 0 radical (unpaired) electrons. The van der Waals surface area contributed by atoms with Crippen LogP contribution >= 0.6 is 11.3 Å². The molecule has 0 aliphatic rings. The quantitative estimate of drug-likeness (QED) is 0.904. The van der Waals surface area contributed by atoms with Gasteiger partial charge in [-0.05, 0) is 25.0 Å². The molecule has 0 atom stereocenters. The second kappa shape index (κ2) is 5.23. The zero-order chi connectivity index (χ0) is 12.3. The number of anilines is 1. The van der Waals surface area contributed by atoms with E-state index in [0.717, 1.165) is 28.7 Å². The van der Waals surface area contributed by atoms with Crippen LogP contribution in [0.3, 0.4) is 0 Å². The molecule has 2 rings (SSSR count). The predicted molar refractivity (Wildman–Crippen MR) is 68.8 cm³/mol. The summed E-state index contributed by atoms with van der Waals surface area (Å²) in [6.45, 7) is 4.72. The van der Waals surface area contributed by atoms with Gasteiger partial charge in [0, 0.05) is 12.1 Å². The van der Waals surface area contributed by atoms with E-state index in [1.54, 1.807) is 13.0 Å². The van der Waals surface area contributed by atoms with Gasteiger partial charge in [-0.2, -0.15) is 0 Å². The van der Waals surface area contributed by atoms with Crippen LogP contribution in [0, 0.1) is 12.7 Å². The minimum absolute atomic E-state index is 0.208. The van der Waals surface area contributed by atoms with Crippen LogP contribution in [0.2, 0.25) is 0 Å². The fourth-order valence-corrected chi connectivity index (χ4v) is 2.33. The molecule has 0 aliphatic heterocycles. The zero-order valence-electron chi connectivity index (χ0n) is 9.83. The first-order valence-corrected chi connectivity index (χ1v) is 6.37. The highest BCUT2D eigenvalue weighted by molar-refractivity contribution is 7.18. The van der Waals surface area contributed by atoms with Gasteiger partial charge in [-0.1, -0.05) is 30.4 Å². The van der Waals surface area contributed by atoms with Crippen LogP contribution in [0.1, 0.15) is 18.9 Å². The molecular weight excluding hydrogens is 237 g/mol. The molecule has 3 nitrogen and oxygen atoms in total. The first kappa shape index (κ1) is 12.0. The van der Waals surface area contributed by atoms with Crippen LogP contribution in [-0.4, -0.2) is 16.7 Å². The fraction of sp³-hybridized carbons (Fsp3) is 0.333. The van der Waals surface area contributed by atoms with Gasteiger partial charge in [-0.25, -0.2) is 4.39 Å². The summed E-state index contributed by atoms with van der Waals surface area (Å²) in [5.74, 6) is -0.208. The van der Waals surface area contributed by atoms with Crippen LogP contribution in [-0.2, 0) is 0 Å². The van der Waals surface area contributed by atoms with Gasteiger partial charge in [0.2, 0.25) is 5.13 Å². The lowest BCUT2D eigenvalue weighted by atomic mass is 10.1. The van der Waals surface area contributed by atoms with Crippen LogP contribution in [0.15, 0.2) is 18.2 Å². The average Bonchev–Trinajstić information content (AvgIpc) is 2.78. The molecule has 0 bridgehead atoms. The SMILES string of the molecule is CCCNc1nnc(-c2cccc(F)c2C)s1. The molecule has 1 heterocycles. The number of halogens is 1. The average molecular weight is 251 g/mol. The molecular formula is C12H14FN3S. The Hall–Kier alpha value is -1.49. The molecule has 0 aliphatic carbocycles. The normalized spacial score (nSPS) is 10.5. The van der Waals surface area contributed by atoms with E-state index in [2.05, 4.69) is 22.4 Å². The number of aromatic nitrogens is 2. The van der Waals surface area contributed by atoms with Crippen molar-refractivity contribution in [3.8, 4) is 10.6 Å². The summed E-state index contributed by atoms with van der Waals surface area (Å²) in [4.78, 5) is 0. The van der Waals surface area contributed by atoms with Crippen molar-refractivity contribution in [2.45, 2.75) is 20.3 Å². The monoisotopic (exact) mass is 251 g/mol. The summed E-state index contributed by atoms with van der Waals surface area (Å²) in [5.41, 5.74) is 1.43. The maximum absolute atomic E-state index is 13.4. The molecule has 0 saturated carbocycles. The van der Waals surface area contributed by atoms with Gasteiger partial charge in [-0.15, -0.1) is 10.2 Å². The summed E-state index contributed by atoms with van der Waals surface area (Å²) in [5, 5.41) is 12.8. The van der Waals surface area contributed by atoms with E-state index >= 15 is 0 Å². The number of nitrogens with one attached hydrogen (secondary N) is 1. The lowest BCUT2D eigenvalue weighted by Gasteiger charge is -2.01. The van der Waals surface area contributed by atoms with Crippen LogP contribution in [0.25, 0.3) is 10.6 Å². The standard InChI is InChI=1S/C12H14FN3S/c1-3-7-14-12-16-15-11(17-12)9-5-4-6-10(13)8(9)2/h4-6H,3,7H2,1-2H3,(H,14,16). The third-order valence-corrected chi connectivity index (χ3v) is 3.36. The van der Waals surface area contributed by atoms with Gasteiger partial charge in [-0.3, -0.25) is 0 Å². The molecule has 1 N–H and O–H groups in total. The third-order valence-electron chi connectivity index (χ3n) is 2.45.